The van der Waals surface area contributed by atoms with Gasteiger partial charge in [0.1, 0.15) is 12.0 Å². The van der Waals surface area contributed by atoms with E-state index in [2.05, 4.69) is 43.8 Å². The molecule has 0 fully saturated rings. The summed E-state index contributed by atoms with van der Waals surface area (Å²) in [4.78, 5) is 6.65. The van der Waals surface area contributed by atoms with E-state index in [9.17, 15) is 4.39 Å². The highest BCUT2D eigenvalue weighted by Crippen LogP contribution is 2.26. The van der Waals surface area contributed by atoms with Crippen molar-refractivity contribution in [2.75, 3.05) is 13.6 Å². The number of hydrogen-bond acceptors (Lipinski definition) is 1. The van der Waals surface area contributed by atoms with Crippen LogP contribution in [0.4, 0.5) is 4.39 Å². The highest BCUT2D eigenvalue weighted by atomic mass is 19.1. The van der Waals surface area contributed by atoms with Gasteiger partial charge in [-0.2, -0.15) is 0 Å². The fourth-order valence-electron chi connectivity index (χ4n) is 2.36. The molecule has 0 heterocycles. The third-order valence-corrected chi connectivity index (χ3v) is 4.29. The monoisotopic (exact) mass is 308 g/mol. The van der Waals surface area contributed by atoms with E-state index < -0.39 is 6.17 Å². The quantitative estimate of drug-likeness (QED) is 0.327. The lowest BCUT2D eigenvalue weighted by atomic mass is 9.97. The predicted octanol–water partition coefficient (Wildman–Crippen LogP) is 5.54. The molecule has 0 amide bonds. The number of allylic oxidation sites excluding steroid dienone is 3. The second-order valence-corrected chi connectivity index (χ2v) is 5.88. The zero-order valence-corrected chi connectivity index (χ0v) is 15.5. The number of nitrogens with zero attached hydrogens (tertiary/aromatic N) is 2. The van der Waals surface area contributed by atoms with E-state index in [1.54, 1.807) is 0 Å². The molecule has 0 saturated carbocycles. The van der Waals surface area contributed by atoms with Crippen LogP contribution >= 0.6 is 0 Å². The van der Waals surface area contributed by atoms with Crippen LogP contribution in [0.1, 0.15) is 54.4 Å². The summed E-state index contributed by atoms with van der Waals surface area (Å²) in [5, 5.41) is 0. The maximum atomic E-state index is 13.5. The van der Waals surface area contributed by atoms with E-state index in [0.717, 1.165) is 42.1 Å². The molecule has 0 aliphatic rings. The maximum absolute atomic E-state index is 13.5. The average Bonchev–Trinajstić information content (AvgIpc) is 2.51. The minimum Gasteiger partial charge on any atom is -0.330 e. The van der Waals surface area contributed by atoms with Crippen LogP contribution in [0, 0.1) is 5.92 Å². The summed E-state index contributed by atoms with van der Waals surface area (Å²) in [6.45, 7) is 20.8. The van der Waals surface area contributed by atoms with Gasteiger partial charge in [-0.15, -0.1) is 0 Å². The van der Waals surface area contributed by atoms with E-state index in [-0.39, 0.29) is 0 Å². The first kappa shape index (κ1) is 20.6. The van der Waals surface area contributed by atoms with E-state index in [1.807, 2.05) is 20.9 Å². The molecule has 0 aromatic carbocycles. The van der Waals surface area contributed by atoms with Crippen molar-refractivity contribution >= 4 is 5.84 Å². The van der Waals surface area contributed by atoms with E-state index in [0.29, 0.717) is 11.5 Å². The number of hydrogen-bond donors (Lipinski definition) is 0. The van der Waals surface area contributed by atoms with Gasteiger partial charge in [0.15, 0.2) is 0 Å². The van der Waals surface area contributed by atoms with Gasteiger partial charge in [-0.05, 0) is 50.3 Å². The Balaban J connectivity index is 5.66. The smallest absolute Gasteiger partial charge is 0.122 e. The standard InChI is InChI=1S/C19H33FN2/c1-10-12-22(19(21-9)13(3)11-2)18(8)16(6)14(4)15(5)17(7)20/h13,17H,5,8,10-12H2,1-4,6-7,9H3/b16-14+,21-19-. The van der Waals surface area contributed by atoms with Crippen LogP contribution in [0.3, 0.4) is 0 Å². The third-order valence-electron chi connectivity index (χ3n) is 4.29. The number of rotatable bonds is 8. The summed E-state index contributed by atoms with van der Waals surface area (Å²) in [6, 6.07) is 0. The van der Waals surface area contributed by atoms with E-state index >= 15 is 0 Å². The van der Waals surface area contributed by atoms with Crippen molar-refractivity contribution < 1.29 is 4.39 Å². The molecule has 0 aliphatic carbocycles. The SMILES string of the molecule is C=C(/C(C)=C(\C)C(=C)N(CCC)/C(=N\C)C(C)CC)C(C)F. The van der Waals surface area contributed by atoms with Crippen molar-refractivity contribution in [3.05, 3.63) is 35.6 Å². The fourth-order valence-corrected chi connectivity index (χ4v) is 2.36. The molecule has 0 spiro atoms. The summed E-state index contributed by atoms with van der Waals surface area (Å²) >= 11 is 0. The Morgan fingerprint density at radius 1 is 1.14 bits per heavy atom. The summed E-state index contributed by atoms with van der Waals surface area (Å²) in [6.07, 6.45) is 0.980. The first-order valence-electron chi connectivity index (χ1n) is 8.16. The zero-order chi connectivity index (χ0) is 17.4. The minimum absolute atomic E-state index is 0.365. The fraction of sp³-hybridized carbons (Fsp3) is 0.632. The molecule has 2 unspecified atom stereocenters. The Bertz CT molecular complexity index is 458. The number of aliphatic imine (C=N–C) groups is 1. The summed E-state index contributed by atoms with van der Waals surface area (Å²) in [7, 11) is 1.83. The van der Waals surface area contributed by atoms with Gasteiger partial charge in [0.05, 0.1) is 0 Å². The van der Waals surface area contributed by atoms with Crippen LogP contribution in [0.2, 0.25) is 0 Å². The lowest BCUT2D eigenvalue weighted by Crippen LogP contribution is -2.35. The van der Waals surface area contributed by atoms with Gasteiger partial charge >= 0.3 is 0 Å². The lowest BCUT2D eigenvalue weighted by Gasteiger charge is -2.32. The van der Waals surface area contributed by atoms with Crippen molar-refractivity contribution in [1.29, 1.82) is 0 Å². The third kappa shape index (κ3) is 5.11. The molecule has 0 aromatic heterocycles. The molecule has 2 atom stereocenters. The Morgan fingerprint density at radius 3 is 2.05 bits per heavy atom. The Kier molecular flexibility index (Phi) is 9.00. The molecule has 126 valence electrons. The van der Waals surface area contributed by atoms with Crippen molar-refractivity contribution in [3.8, 4) is 0 Å². The Labute approximate surface area is 136 Å². The van der Waals surface area contributed by atoms with Gasteiger partial charge in [0, 0.05) is 25.2 Å². The molecular formula is C19H33FN2. The normalized spacial score (nSPS) is 15.9. The molecule has 2 nitrogen and oxygen atoms in total. The summed E-state index contributed by atoms with van der Waals surface area (Å²) < 4.78 is 13.5. The van der Waals surface area contributed by atoms with E-state index in [4.69, 9.17) is 0 Å². The maximum Gasteiger partial charge on any atom is 0.122 e. The van der Waals surface area contributed by atoms with Gasteiger partial charge in [0.2, 0.25) is 0 Å². The first-order chi connectivity index (χ1) is 10.2. The predicted molar refractivity (Wildman–Crippen MR) is 97.0 cm³/mol. The van der Waals surface area contributed by atoms with Crippen molar-refractivity contribution in [2.45, 2.75) is 60.6 Å². The van der Waals surface area contributed by atoms with Crippen LogP contribution in [-0.2, 0) is 0 Å². The van der Waals surface area contributed by atoms with Gasteiger partial charge in [-0.3, -0.25) is 4.99 Å². The van der Waals surface area contributed by atoms with Crippen LogP contribution in [0.5, 0.6) is 0 Å². The lowest BCUT2D eigenvalue weighted by molar-refractivity contribution is 0.414. The molecular weight excluding hydrogens is 275 g/mol. The van der Waals surface area contributed by atoms with Crippen LogP contribution < -0.4 is 0 Å². The molecule has 0 radical (unpaired) electrons. The number of halogens is 1. The highest BCUT2D eigenvalue weighted by Gasteiger charge is 2.21. The average molecular weight is 308 g/mol. The molecule has 0 aromatic rings. The van der Waals surface area contributed by atoms with Gasteiger partial charge in [0.25, 0.3) is 0 Å². The number of alkyl halides is 1. The highest BCUT2D eigenvalue weighted by molar-refractivity contribution is 5.86. The number of amidine groups is 1. The van der Waals surface area contributed by atoms with Crippen LogP contribution in [-0.4, -0.2) is 30.5 Å². The van der Waals surface area contributed by atoms with Crippen LogP contribution in [0.15, 0.2) is 40.6 Å². The van der Waals surface area contributed by atoms with Crippen molar-refractivity contribution in [1.82, 2.24) is 4.90 Å². The van der Waals surface area contributed by atoms with Gasteiger partial charge in [-0.1, -0.05) is 33.9 Å². The minimum atomic E-state index is -1.05. The molecule has 3 heteroatoms. The molecule has 0 bridgehead atoms. The molecule has 0 N–H and O–H groups in total. The summed E-state index contributed by atoms with van der Waals surface area (Å²) in [5.41, 5.74) is 3.27. The Morgan fingerprint density at radius 2 is 1.68 bits per heavy atom. The Hall–Kier alpha value is -1.38. The van der Waals surface area contributed by atoms with Crippen LogP contribution in [0.25, 0.3) is 0 Å². The molecule has 0 saturated heterocycles. The summed E-state index contributed by atoms with van der Waals surface area (Å²) in [5.74, 6) is 1.41. The molecule has 0 rings (SSSR count). The zero-order valence-electron chi connectivity index (χ0n) is 15.5. The van der Waals surface area contributed by atoms with Crippen molar-refractivity contribution in [3.63, 3.8) is 0 Å². The first-order valence-corrected chi connectivity index (χ1v) is 8.16. The second-order valence-electron chi connectivity index (χ2n) is 5.88. The largest absolute Gasteiger partial charge is 0.330 e. The van der Waals surface area contributed by atoms with Gasteiger partial charge in [-0.25, -0.2) is 4.39 Å². The molecule has 0 aliphatic heterocycles. The topological polar surface area (TPSA) is 15.6 Å². The second kappa shape index (κ2) is 9.60. The molecule has 22 heavy (non-hydrogen) atoms. The van der Waals surface area contributed by atoms with E-state index in [1.165, 1.54) is 6.92 Å². The van der Waals surface area contributed by atoms with Gasteiger partial charge < -0.3 is 4.90 Å². The van der Waals surface area contributed by atoms with Crippen molar-refractivity contribution in [2.24, 2.45) is 10.9 Å².